The molecule has 0 bridgehead atoms. The Bertz CT molecular complexity index is 1160. The summed E-state index contributed by atoms with van der Waals surface area (Å²) in [6.45, 7) is 2.61. The molecule has 0 radical (unpaired) electrons. The van der Waals surface area contributed by atoms with Gasteiger partial charge in [0.2, 0.25) is 10.0 Å². The molecule has 0 N–H and O–H groups in total. The number of thiazole rings is 1. The molecule has 4 nitrogen and oxygen atoms in total. The molecule has 0 saturated carbocycles. The summed E-state index contributed by atoms with van der Waals surface area (Å²) in [6, 6.07) is 12.2. The van der Waals surface area contributed by atoms with Gasteiger partial charge in [-0.05, 0) is 38.0 Å². The lowest BCUT2D eigenvalue weighted by Crippen LogP contribution is -2.37. The normalized spacial score (nSPS) is 16.5. The van der Waals surface area contributed by atoms with Gasteiger partial charge in [-0.3, -0.25) is 0 Å². The molecule has 31 heavy (non-hydrogen) atoms. The van der Waals surface area contributed by atoms with E-state index in [0.717, 1.165) is 16.6 Å². The average molecular weight is 467 g/mol. The molecule has 2 aromatic carbocycles. The quantitative estimate of drug-likeness (QED) is 0.495. The summed E-state index contributed by atoms with van der Waals surface area (Å²) in [5.74, 6) is 0.0290. The first kappa shape index (κ1) is 22.0. The molecule has 0 amide bonds. The van der Waals surface area contributed by atoms with Crippen molar-refractivity contribution in [1.29, 1.82) is 0 Å². The number of benzene rings is 2. The standard InChI is InChI=1S/C22H21F3N2O2S2/c1-15-6-8-17(9-7-15)31(28,29)27-12-10-16(11-13-27)21-26-20(14-30-21)18-4-2-3-5-19(18)22(23,24)25/h2-9,14,16H,10-13H2,1H3. The Hall–Kier alpha value is -2.23. The maximum atomic E-state index is 13.3. The number of halogens is 3. The number of piperidine rings is 1. The van der Waals surface area contributed by atoms with Gasteiger partial charge in [-0.25, -0.2) is 13.4 Å². The van der Waals surface area contributed by atoms with Crippen LogP contribution in [0.15, 0.2) is 58.8 Å². The smallest absolute Gasteiger partial charge is 0.241 e. The largest absolute Gasteiger partial charge is 0.417 e. The van der Waals surface area contributed by atoms with E-state index in [-0.39, 0.29) is 16.4 Å². The van der Waals surface area contributed by atoms with Crippen molar-refractivity contribution in [3.63, 3.8) is 0 Å². The van der Waals surface area contributed by atoms with E-state index in [1.807, 2.05) is 6.92 Å². The lowest BCUT2D eigenvalue weighted by atomic mass is 9.99. The van der Waals surface area contributed by atoms with Gasteiger partial charge in [0.15, 0.2) is 0 Å². The van der Waals surface area contributed by atoms with Gasteiger partial charge in [0.25, 0.3) is 0 Å². The molecule has 164 valence electrons. The first-order valence-corrected chi connectivity index (χ1v) is 12.2. The Morgan fingerprint density at radius 1 is 1.03 bits per heavy atom. The maximum absolute atomic E-state index is 13.3. The number of rotatable bonds is 4. The van der Waals surface area contributed by atoms with E-state index in [4.69, 9.17) is 0 Å². The van der Waals surface area contributed by atoms with Crippen molar-refractivity contribution >= 4 is 21.4 Å². The van der Waals surface area contributed by atoms with Crippen molar-refractivity contribution in [3.8, 4) is 11.3 Å². The summed E-state index contributed by atoms with van der Waals surface area (Å²) in [7, 11) is -3.55. The zero-order chi connectivity index (χ0) is 22.2. The van der Waals surface area contributed by atoms with Gasteiger partial charge >= 0.3 is 6.18 Å². The van der Waals surface area contributed by atoms with Crippen LogP contribution in [0.5, 0.6) is 0 Å². The van der Waals surface area contributed by atoms with Crippen LogP contribution in [0.1, 0.15) is 34.9 Å². The van der Waals surface area contributed by atoms with Crippen LogP contribution >= 0.6 is 11.3 Å². The molecule has 0 atom stereocenters. The molecule has 1 fully saturated rings. The number of sulfonamides is 1. The fourth-order valence-corrected chi connectivity index (χ4v) is 6.22. The lowest BCUT2D eigenvalue weighted by molar-refractivity contribution is -0.137. The van der Waals surface area contributed by atoms with Crippen molar-refractivity contribution in [2.75, 3.05) is 13.1 Å². The summed E-state index contributed by atoms with van der Waals surface area (Å²) in [5.41, 5.74) is 0.662. The topological polar surface area (TPSA) is 50.3 Å². The third-order valence-electron chi connectivity index (χ3n) is 5.49. The lowest BCUT2D eigenvalue weighted by Gasteiger charge is -2.30. The zero-order valence-corrected chi connectivity index (χ0v) is 18.4. The average Bonchev–Trinajstić information content (AvgIpc) is 3.24. The second-order valence-electron chi connectivity index (χ2n) is 7.61. The van der Waals surface area contributed by atoms with Crippen molar-refractivity contribution in [1.82, 2.24) is 9.29 Å². The Morgan fingerprint density at radius 3 is 2.32 bits per heavy atom. The molecular weight excluding hydrogens is 445 g/mol. The number of alkyl halides is 3. The van der Waals surface area contributed by atoms with Gasteiger partial charge < -0.3 is 0 Å². The Morgan fingerprint density at radius 2 is 1.68 bits per heavy atom. The SMILES string of the molecule is Cc1ccc(S(=O)(=O)N2CCC(c3nc(-c4ccccc4C(F)(F)F)cs3)CC2)cc1. The Balaban J connectivity index is 1.49. The number of hydrogen-bond donors (Lipinski definition) is 0. The third kappa shape index (κ3) is 4.53. The van der Waals surface area contributed by atoms with Crippen LogP contribution in [-0.4, -0.2) is 30.8 Å². The van der Waals surface area contributed by atoms with E-state index in [1.54, 1.807) is 35.7 Å². The van der Waals surface area contributed by atoms with Crippen molar-refractivity contribution in [2.45, 2.75) is 36.8 Å². The van der Waals surface area contributed by atoms with Gasteiger partial charge in [-0.15, -0.1) is 11.3 Å². The van der Waals surface area contributed by atoms with E-state index < -0.39 is 21.8 Å². The first-order valence-electron chi connectivity index (χ1n) is 9.85. The van der Waals surface area contributed by atoms with E-state index in [9.17, 15) is 21.6 Å². The summed E-state index contributed by atoms with van der Waals surface area (Å²) in [4.78, 5) is 4.76. The molecule has 1 aliphatic rings. The first-order chi connectivity index (χ1) is 14.7. The number of aromatic nitrogens is 1. The van der Waals surface area contributed by atoms with Crippen LogP contribution in [0.25, 0.3) is 11.3 Å². The van der Waals surface area contributed by atoms with Crippen LogP contribution in [-0.2, 0) is 16.2 Å². The predicted octanol–water partition coefficient (Wildman–Crippen LogP) is 5.71. The molecule has 4 rings (SSSR count). The van der Waals surface area contributed by atoms with Crippen molar-refractivity contribution < 1.29 is 21.6 Å². The molecular formula is C22H21F3N2O2S2. The molecule has 0 unspecified atom stereocenters. The van der Waals surface area contributed by atoms with Gasteiger partial charge in [-0.2, -0.15) is 17.5 Å². The molecule has 0 aliphatic carbocycles. The molecule has 1 aromatic heterocycles. The van der Waals surface area contributed by atoms with E-state index in [1.165, 1.54) is 27.8 Å². The minimum Gasteiger partial charge on any atom is -0.241 e. The Kier molecular flexibility index (Phi) is 5.93. The minimum absolute atomic E-state index is 0.0290. The number of nitrogens with zero attached hydrogens (tertiary/aromatic N) is 2. The van der Waals surface area contributed by atoms with Gasteiger partial charge in [0, 0.05) is 30.0 Å². The monoisotopic (exact) mass is 466 g/mol. The minimum atomic E-state index is -4.45. The van der Waals surface area contributed by atoms with Crippen LogP contribution in [0.2, 0.25) is 0 Å². The number of hydrogen-bond acceptors (Lipinski definition) is 4. The molecule has 9 heteroatoms. The summed E-state index contributed by atoms with van der Waals surface area (Å²) in [5, 5.41) is 2.40. The highest BCUT2D eigenvalue weighted by atomic mass is 32.2. The summed E-state index contributed by atoms with van der Waals surface area (Å²) in [6.07, 6.45) is -3.28. The summed E-state index contributed by atoms with van der Waals surface area (Å²) < 4.78 is 67.2. The van der Waals surface area contributed by atoms with Crippen LogP contribution in [0.3, 0.4) is 0 Å². The van der Waals surface area contributed by atoms with Crippen molar-refractivity contribution in [2.24, 2.45) is 0 Å². The van der Waals surface area contributed by atoms with Crippen LogP contribution < -0.4 is 0 Å². The number of aryl methyl sites for hydroxylation is 1. The fourth-order valence-electron chi connectivity index (χ4n) is 3.75. The molecule has 0 spiro atoms. The third-order valence-corrected chi connectivity index (χ3v) is 8.41. The van der Waals surface area contributed by atoms with Gasteiger partial charge in [0.1, 0.15) is 0 Å². The highest BCUT2D eigenvalue weighted by Crippen LogP contribution is 2.39. The van der Waals surface area contributed by atoms with Crippen LogP contribution in [0, 0.1) is 6.92 Å². The Labute approximate surface area is 183 Å². The molecule has 1 aliphatic heterocycles. The summed E-state index contributed by atoms with van der Waals surface area (Å²) >= 11 is 1.33. The fraction of sp³-hybridized carbons (Fsp3) is 0.318. The van der Waals surface area contributed by atoms with E-state index in [0.29, 0.717) is 31.6 Å². The second-order valence-corrected chi connectivity index (χ2v) is 10.4. The predicted molar refractivity (Wildman–Crippen MR) is 114 cm³/mol. The molecule has 1 saturated heterocycles. The highest BCUT2D eigenvalue weighted by molar-refractivity contribution is 7.89. The van der Waals surface area contributed by atoms with E-state index >= 15 is 0 Å². The zero-order valence-electron chi connectivity index (χ0n) is 16.8. The van der Waals surface area contributed by atoms with Gasteiger partial charge in [0.05, 0.1) is 21.2 Å². The maximum Gasteiger partial charge on any atom is 0.417 e. The van der Waals surface area contributed by atoms with E-state index in [2.05, 4.69) is 4.98 Å². The highest BCUT2D eigenvalue weighted by Gasteiger charge is 2.35. The second kappa shape index (κ2) is 8.37. The van der Waals surface area contributed by atoms with Crippen LogP contribution in [0.4, 0.5) is 13.2 Å². The molecule has 2 heterocycles. The van der Waals surface area contributed by atoms with Crippen molar-refractivity contribution in [3.05, 3.63) is 70.0 Å². The molecule has 3 aromatic rings. The van der Waals surface area contributed by atoms with Gasteiger partial charge in [-0.1, -0.05) is 35.9 Å².